The van der Waals surface area contributed by atoms with Crippen LogP contribution in [-0.4, -0.2) is 27.1 Å². The molecule has 0 aromatic carbocycles. The summed E-state index contributed by atoms with van der Waals surface area (Å²) in [6.45, 7) is 4.47. The van der Waals surface area contributed by atoms with Crippen LogP contribution in [0.2, 0.25) is 0 Å². The van der Waals surface area contributed by atoms with Crippen molar-refractivity contribution in [3.05, 3.63) is 18.1 Å². The monoisotopic (exact) mass is 246 g/mol. The summed E-state index contributed by atoms with van der Waals surface area (Å²) < 4.78 is 5.56. The molecule has 96 valence electrons. The minimum atomic E-state index is 0.188. The first kappa shape index (κ1) is 11.5. The zero-order valence-corrected chi connectivity index (χ0v) is 10.7. The Morgan fingerprint density at radius 1 is 1.44 bits per heavy atom. The fraction of sp³-hybridized carbons (Fsp3) is 0.538. The van der Waals surface area contributed by atoms with E-state index in [2.05, 4.69) is 20.3 Å². The van der Waals surface area contributed by atoms with E-state index in [1.807, 2.05) is 26.1 Å². The van der Waals surface area contributed by atoms with Gasteiger partial charge in [0.2, 0.25) is 0 Å². The number of aromatic amines is 1. The Labute approximate surface area is 106 Å². The van der Waals surface area contributed by atoms with Gasteiger partial charge in [-0.05, 0) is 32.8 Å². The molecule has 5 heteroatoms. The molecule has 2 aromatic heterocycles. The van der Waals surface area contributed by atoms with Gasteiger partial charge in [0.25, 0.3) is 0 Å². The Kier molecular flexibility index (Phi) is 2.91. The summed E-state index contributed by atoms with van der Waals surface area (Å²) in [5.74, 6) is 1.65. The number of aromatic nitrogens is 3. The molecule has 0 unspecified atom stereocenters. The summed E-state index contributed by atoms with van der Waals surface area (Å²) in [4.78, 5) is 12.2. The first-order chi connectivity index (χ1) is 8.72. The van der Waals surface area contributed by atoms with Crippen molar-refractivity contribution in [2.24, 2.45) is 0 Å². The van der Waals surface area contributed by atoms with Crippen molar-refractivity contribution < 1.29 is 4.74 Å². The van der Waals surface area contributed by atoms with Crippen LogP contribution in [0.5, 0.6) is 0 Å². The standard InChI is InChI=1S/C13H18N4O/c1-8(2)18-7-11-16-12-10(5-6-14-12)13(17-11)15-9-3-4-9/h5-6,8-9H,3-4,7H2,1-2H3,(H2,14,15,16,17). The molecule has 1 saturated carbocycles. The van der Waals surface area contributed by atoms with E-state index >= 15 is 0 Å². The molecule has 3 rings (SSSR count). The van der Waals surface area contributed by atoms with Crippen LogP contribution in [0.1, 0.15) is 32.5 Å². The molecule has 0 aliphatic heterocycles. The lowest BCUT2D eigenvalue weighted by molar-refractivity contribution is 0.0615. The zero-order valence-electron chi connectivity index (χ0n) is 10.7. The van der Waals surface area contributed by atoms with Gasteiger partial charge in [0, 0.05) is 12.2 Å². The molecular weight excluding hydrogens is 228 g/mol. The summed E-state index contributed by atoms with van der Waals surface area (Å²) in [5.41, 5.74) is 0.871. The van der Waals surface area contributed by atoms with Gasteiger partial charge < -0.3 is 15.0 Å². The van der Waals surface area contributed by atoms with Crippen LogP contribution < -0.4 is 5.32 Å². The van der Waals surface area contributed by atoms with Crippen molar-refractivity contribution in [2.75, 3.05) is 5.32 Å². The van der Waals surface area contributed by atoms with Crippen LogP contribution in [0.3, 0.4) is 0 Å². The highest BCUT2D eigenvalue weighted by Gasteiger charge is 2.23. The van der Waals surface area contributed by atoms with E-state index < -0.39 is 0 Å². The average molecular weight is 246 g/mol. The van der Waals surface area contributed by atoms with Crippen LogP contribution in [0, 0.1) is 0 Å². The largest absolute Gasteiger partial charge is 0.371 e. The van der Waals surface area contributed by atoms with Crippen molar-refractivity contribution in [1.29, 1.82) is 0 Å². The Morgan fingerprint density at radius 3 is 3.00 bits per heavy atom. The first-order valence-electron chi connectivity index (χ1n) is 6.44. The number of hydrogen-bond donors (Lipinski definition) is 2. The maximum atomic E-state index is 5.56. The van der Waals surface area contributed by atoms with E-state index in [9.17, 15) is 0 Å². The van der Waals surface area contributed by atoms with Crippen molar-refractivity contribution in [3.63, 3.8) is 0 Å². The summed E-state index contributed by atoms with van der Waals surface area (Å²) >= 11 is 0. The van der Waals surface area contributed by atoms with Gasteiger partial charge in [0.15, 0.2) is 5.82 Å². The molecule has 0 bridgehead atoms. The maximum Gasteiger partial charge on any atom is 0.158 e. The number of ether oxygens (including phenoxy) is 1. The molecule has 5 nitrogen and oxygen atoms in total. The van der Waals surface area contributed by atoms with Gasteiger partial charge in [-0.2, -0.15) is 0 Å². The third-order valence-electron chi connectivity index (χ3n) is 2.93. The van der Waals surface area contributed by atoms with E-state index in [-0.39, 0.29) is 6.10 Å². The highest BCUT2D eigenvalue weighted by Crippen LogP contribution is 2.27. The van der Waals surface area contributed by atoms with Crippen molar-refractivity contribution in [1.82, 2.24) is 15.0 Å². The number of fused-ring (bicyclic) bond motifs is 1. The molecule has 1 aliphatic rings. The van der Waals surface area contributed by atoms with Gasteiger partial charge in [-0.3, -0.25) is 0 Å². The average Bonchev–Trinajstić information content (AvgIpc) is 3.02. The van der Waals surface area contributed by atoms with Crippen LogP contribution in [-0.2, 0) is 11.3 Å². The third kappa shape index (κ3) is 2.46. The lowest BCUT2D eigenvalue weighted by Crippen LogP contribution is -2.09. The minimum Gasteiger partial charge on any atom is -0.371 e. The highest BCUT2D eigenvalue weighted by molar-refractivity contribution is 5.87. The van der Waals surface area contributed by atoms with E-state index in [0.29, 0.717) is 12.6 Å². The van der Waals surface area contributed by atoms with Crippen molar-refractivity contribution in [3.8, 4) is 0 Å². The predicted molar refractivity (Wildman–Crippen MR) is 70.5 cm³/mol. The molecule has 0 spiro atoms. The Morgan fingerprint density at radius 2 is 2.28 bits per heavy atom. The summed E-state index contributed by atoms with van der Waals surface area (Å²) in [7, 11) is 0. The number of nitrogens with one attached hydrogen (secondary N) is 2. The molecular formula is C13H18N4O. The number of hydrogen-bond acceptors (Lipinski definition) is 4. The summed E-state index contributed by atoms with van der Waals surface area (Å²) in [6.07, 6.45) is 4.54. The predicted octanol–water partition coefficient (Wildman–Crippen LogP) is 2.46. The molecule has 18 heavy (non-hydrogen) atoms. The molecule has 2 heterocycles. The lowest BCUT2D eigenvalue weighted by Gasteiger charge is -2.09. The van der Waals surface area contributed by atoms with E-state index in [0.717, 1.165) is 22.7 Å². The van der Waals surface area contributed by atoms with Crippen molar-refractivity contribution >= 4 is 16.9 Å². The van der Waals surface area contributed by atoms with Gasteiger partial charge in [-0.25, -0.2) is 9.97 Å². The Hall–Kier alpha value is -1.62. The highest BCUT2D eigenvalue weighted by atomic mass is 16.5. The van der Waals surface area contributed by atoms with Gasteiger partial charge in [0.1, 0.15) is 18.1 Å². The second-order valence-corrected chi connectivity index (χ2v) is 5.01. The topological polar surface area (TPSA) is 62.8 Å². The van der Waals surface area contributed by atoms with Crippen molar-refractivity contribution in [2.45, 2.75) is 45.4 Å². The number of nitrogens with zero attached hydrogens (tertiary/aromatic N) is 2. The minimum absolute atomic E-state index is 0.188. The third-order valence-corrected chi connectivity index (χ3v) is 2.93. The molecule has 2 N–H and O–H groups in total. The molecule has 0 radical (unpaired) electrons. The SMILES string of the molecule is CC(C)OCc1nc(NC2CC2)c2cc[nH]c2n1. The second kappa shape index (κ2) is 4.57. The Bertz CT molecular complexity index is 545. The Balaban J connectivity index is 1.89. The van der Waals surface area contributed by atoms with E-state index in [4.69, 9.17) is 4.74 Å². The maximum absolute atomic E-state index is 5.56. The molecule has 0 amide bonds. The van der Waals surface area contributed by atoms with Crippen LogP contribution in [0.4, 0.5) is 5.82 Å². The van der Waals surface area contributed by atoms with Crippen LogP contribution in [0.25, 0.3) is 11.0 Å². The first-order valence-corrected chi connectivity index (χ1v) is 6.44. The van der Waals surface area contributed by atoms with Gasteiger partial charge >= 0.3 is 0 Å². The van der Waals surface area contributed by atoms with Crippen LogP contribution >= 0.6 is 0 Å². The molecule has 0 atom stereocenters. The number of rotatable bonds is 5. The van der Waals surface area contributed by atoms with E-state index in [1.54, 1.807) is 0 Å². The smallest absolute Gasteiger partial charge is 0.158 e. The molecule has 2 aromatic rings. The number of anilines is 1. The second-order valence-electron chi connectivity index (χ2n) is 5.01. The fourth-order valence-electron chi connectivity index (χ4n) is 1.82. The lowest BCUT2D eigenvalue weighted by atomic mass is 10.3. The summed E-state index contributed by atoms with van der Waals surface area (Å²) in [5, 5.41) is 4.50. The molecule has 0 saturated heterocycles. The van der Waals surface area contributed by atoms with Crippen LogP contribution in [0.15, 0.2) is 12.3 Å². The van der Waals surface area contributed by atoms with Gasteiger partial charge in [-0.1, -0.05) is 0 Å². The summed E-state index contributed by atoms with van der Waals surface area (Å²) in [6, 6.07) is 2.59. The zero-order chi connectivity index (χ0) is 12.5. The quantitative estimate of drug-likeness (QED) is 0.850. The normalized spacial score (nSPS) is 15.5. The van der Waals surface area contributed by atoms with Gasteiger partial charge in [-0.15, -0.1) is 0 Å². The number of H-pyrrole nitrogens is 1. The van der Waals surface area contributed by atoms with E-state index in [1.165, 1.54) is 12.8 Å². The molecule has 1 aliphatic carbocycles. The fourth-order valence-corrected chi connectivity index (χ4v) is 1.82. The van der Waals surface area contributed by atoms with Gasteiger partial charge in [0.05, 0.1) is 11.5 Å². The molecule has 1 fully saturated rings.